The first-order valence-electron chi connectivity index (χ1n) is 7.47. The highest BCUT2D eigenvalue weighted by atomic mass is 14.1. The van der Waals surface area contributed by atoms with Crippen LogP contribution >= 0.6 is 0 Å². The quantitative estimate of drug-likeness (QED) is 0.617. The summed E-state index contributed by atoms with van der Waals surface area (Å²) in [5, 5.41) is 0. The van der Waals surface area contributed by atoms with E-state index in [2.05, 4.69) is 69.8 Å². The van der Waals surface area contributed by atoms with Gasteiger partial charge in [-0.3, -0.25) is 0 Å². The minimum absolute atomic E-state index is 1.13. The number of hydrogen-bond acceptors (Lipinski definition) is 0. The summed E-state index contributed by atoms with van der Waals surface area (Å²) in [7, 11) is 0. The lowest BCUT2D eigenvalue weighted by atomic mass is 9.95. The average Bonchev–Trinajstić information content (AvgIpc) is 2.46. The predicted molar refractivity (Wildman–Crippen MR) is 89.9 cm³/mol. The molecule has 2 rings (SSSR count). The molecule has 104 valence electrons. The molecule has 0 amide bonds. The Labute approximate surface area is 123 Å². The molecular weight excluding hydrogens is 240 g/mol. The lowest BCUT2D eigenvalue weighted by molar-refractivity contribution is 0.795. The average molecular weight is 264 g/mol. The van der Waals surface area contributed by atoms with E-state index in [9.17, 15) is 0 Å². The van der Waals surface area contributed by atoms with Gasteiger partial charge in [0.25, 0.3) is 0 Å². The van der Waals surface area contributed by atoms with Crippen molar-refractivity contribution < 1.29 is 0 Å². The molecule has 0 nitrogen and oxygen atoms in total. The summed E-state index contributed by atoms with van der Waals surface area (Å²) in [6, 6.07) is 15.6. The first-order valence-corrected chi connectivity index (χ1v) is 7.47. The zero-order valence-electron chi connectivity index (χ0n) is 12.9. The molecule has 0 saturated heterocycles. The minimum Gasteiger partial charge on any atom is -0.0955 e. The molecule has 0 N–H and O–H groups in total. The Balaban J connectivity index is 2.27. The van der Waals surface area contributed by atoms with E-state index >= 15 is 0 Å². The summed E-state index contributed by atoms with van der Waals surface area (Å²) in [5.41, 5.74) is 7.67. The van der Waals surface area contributed by atoms with Crippen LogP contribution in [0.5, 0.6) is 0 Å². The molecule has 0 heterocycles. The van der Waals surface area contributed by atoms with Gasteiger partial charge in [-0.25, -0.2) is 0 Å². The Morgan fingerprint density at radius 2 is 1.65 bits per heavy atom. The summed E-state index contributed by atoms with van der Waals surface area (Å²) < 4.78 is 0. The first kappa shape index (κ1) is 14.6. The van der Waals surface area contributed by atoms with Gasteiger partial charge in [0.1, 0.15) is 0 Å². The molecule has 0 bridgehead atoms. The van der Waals surface area contributed by atoms with Crippen LogP contribution in [-0.4, -0.2) is 0 Å². The second-order valence-corrected chi connectivity index (χ2v) is 5.61. The van der Waals surface area contributed by atoms with Gasteiger partial charge in [0.15, 0.2) is 0 Å². The summed E-state index contributed by atoms with van der Waals surface area (Å²) in [4.78, 5) is 0. The third-order valence-corrected chi connectivity index (χ3v) is 3.80. The summed E-state index contributed by atoms with van der Waals surface area (Å²) >= 11 is 0. The monoisotopic (exact) mass is 264 g/mol. The normalized spacial score (nSPS) is 10.6. The summed E-state index contributed by atoms with van der Waals surface area (Å²) in [5.74, 6) is 0. The molecule has 2 aromatic rings. The SMILES string of the molecule is C=C(C)c1cc(-c2ccc(CCCC)cc2)ccc1C. The number of allylic oxidation sites excluding steroid dienone is 1. The number of benzene rings is 2. The van der Waals surface area contributed by atoms with Gasteiger partial charge in [0.2, 0.25) is 0 Å². The van der Waals surface area contributed by atoms with Crippen LogP contribution in [0.25, 0.3) is 16.7 Å². The molecule has 20 heavy (non-hydrogen) atoms. The van der Waals surface area contributed by atoms with E-state index in [1.165, 1.54) is 47.1 Å². The van der Waals surface area contributed by atoms with Crippen molar-refractivity contribution in [3.05, 3.63) is 65.7 Å². The van der Waals surface area contributed by atoms with Crippen molar-refractivity contribution >= 4 is 5.57 Å². The largest absolute Gasteiger partial charge is 0.0955 e. The van der Waals surface area contributed by atoms with Crippen molar-refractivity contribution in [1.29, 1.82) is 0 Å². The van der Waals surface area contributed by atoms with E-state index in [-0.39, 0.29) is 0 Å². The third-order valence-electron chi connectivity index (χ3n) is 3.80. The van der Waals surface area contributed by atoms with Crippen molar-refractivity contribution in [1.82, 2.24) is 0 Å². The third kappa shape index (κ3) is 3.39. The fourth-order valence-corrected chi connectivity index (χ4v) is 2.51. The van der Waals surface area contributed by atoms with Gasteiger partial charge in [0, 0.05) is 0 Å². The number of unbranched alkanes of at least 4 members (excludes halogenated alkanes) is 1. The molecule has 0 fully saturated rings. The van der Waals surface area contributed by atoms with E-state index < -0.39 is 0 Å². The van der Waals surface area contributed by atoms with Gasteiger partial charge in [-0.05, 0) is 60.6 Å². The number of hydrogen-bond donors (Lipinski definition) is 0. The Bertz CT molecular complexity index is 588. The molecule has 0 saturated carbocycles. The fraction of sp³-hybridized carbons (Fsp3) is 0.300. The highest BCUT2D eigenvalue weighted by molar-refractivity contribution is 5.73. The maximum atomic E-state index is 4.07. The van der Waals surface area contributed by atoms with E-state index in [1.807, 2.05) is 0 Å². The van der Waals surface area contributed by atoms with E-state index in [0.717, 1.165) is 5.57 Å². The van der Waals surface area contributed by atoms with Crippen molar-refractivity contribution in [3.8, 4) is 11.1 Å². The molecule has 2 aromatic carbocycles. The second kappa shape index (κ2) is 6.56. The summed E-state index contributed by atoms with van der Waals surface area (Å²) in [6.07, 6.45) is 3.70. The smallest absolute Gasteiger partial charge is 0.0178 e. The standard InChI is InChI=1S/C20H24/c1-5-6-7-17-9-12-18(13-10-17)19-11-8-16(4)20(14-19)15(2)3/h8-14H,2,5-7H2,1,3-4H3. The maximum Gasteiger partial charge on any atom is -0.0178 e. The molecule has 0 heteroatoms. The minimum atomic E-state index is 1.13. The van der Waals surface area contributed by atoms with Crippen molar-refractivity contribution in [2.45, 2.75) is 40.0 Å². The van der Waals surface area contributed by atoms with E-state index in [1.54, 1.807) is 0 Å². The van der Waals surface area contributed by atoms with Crippen LogP contribution in [-0.2, 0) is 6.42 Å². The highest BCUT2D eigenvalue weighted by Gasteiger charge is 2.03. The highest BCUT2D eigenvalue weighted by Crippen LogP contribution is 2.26. The van der Waals surface area contributed by atoms with Crippen LogP contribution in [0.1, 0.15) is 43.4 Å². The van der Waals surface area contributed by atoms with Crippen LogP contribution in [0.15, 0.2) is 49.0 Å². The van der Waals surface area contributed by atoms with Crippen LogP contribution < -0.4 is 0 Å². The van der Waals surface area contributed by atoms with Gasteiger partial charge >= 0.3 is 0 Å². The van der Waals surface area contributed by atoms with Crippen molar-refractivity contribution in [2.75, 3.05) is 0 Å². The van der Waals surface area contributed by atoms with Crippen LogP contribution in [0.3, 0.4) is 0 Å². The van der Waals surface area contributed by atoms with Crippen molar-refractivity contribution in [2.24, 2.45) is 0 Å². The number of aryl methyl sites for hydroxylation is 2. The zero-order chi connectivity index (χ0) is 14.5. The van der Waals surface area contributed by atoms with Gasteiger partial charge < -0.3 is 0 Å². The van der Waals surface area contributed by atoms with Gasteiger partial charge in [-0.15, -0.1) is 0 Å². The molecule has 0 spiro atoms. The van der Waals surface area contributed by atoms with Crippen molar-refractivity contribution in [3.63, 3.8) is 0 Å². The van der Waals surface area contributed by atoms with Gasteiger partial charge in [-0.1, -0.05) is 61.9 Å². The molecular formula is C20H24. The zero-order valence-corrected chi connectivity index (χ0v) is 12.9. The molecule has 0 atom stereocenters. The fourth-order valence-electron chi connectivity index (χ4n) is 2.51. The lowest BCUT2D eigenvalue weighted by Crippen LogP contribution is -1.88. The lowest BCUT2D eigenvalue weighted by Gasteiger charge is -2.09. The predicted octanol–water partition coefficient (Wildman–Crippen LogP) is 6.04. The summed E-state index contributed by atoms with van der Waals surface area (Å²) in [6.45, 7) is 10.5. The van der Waals surface area contributed by atoms with Crippen LogP contribution in [0.4, 0.5) is 0 Å². The Morgan fingerprint density at radius 1 is 1.00 bits per heavy atom. The van der Waals surface area contributed by atoms with Gasteiger partial charge in [0.05, 0.1) is 0 Å². The second-order valence-electron chi connectivity index (χ2n) is 5.61. The topological polar surface area (TPSA) is 0 Å². The molecule has 0 radical (unpaired) electrons. The molecule has 0 aromatic heterocycles. The van der Waals surface area contributed by atoms with E-state index in [4.69, 9.17) is 0 Å². The van der Waals surface area contributed by atoms with Crippen LogP contribution in [0.2, 0.25) is 0 Å². The molecule has 0 aliphatic rings. The first-order chi connectivity index (χ1) is 9.61. The van der Waals surface area contributed by atoms with E-state index in [0.29, 0.717) is 0 Å². The Morgan fingerprint density at radius 3 is 2.25 bits per heavy atom. The maximum absolute atomic E-state index is 4.07. The molecule has 0 aliphatic carbocycles. The molecule has 0 unspecified atom stereocenters. The Hall–Kier alpha value is -1.82. The number of rotatable bonds is 5. The Kier molecular flexibility index (Phi) is 4.79. The van der Waals surface area contributed by atoms with Gasteiger partial charge in [-0.2, -0.15) is 0 Å². The molecule has 0 aliphatic heterocycles. The van der Waals surface area contributed by atoms with Crippen LogP contribution in [0, 0.1) is 6.92 Å².